The minimum Gasteiger partial charge on any atom is -0.309 e. The van der Waals surface area contributed by atoms with E-state index in [1.165, 1.54) is 23.1 Å². The van der Waals surface area contributed by atoms with Gasteiger partial charge in [-0.25, -0.2) is 9.97 Å². The highest BCUT2D eigenvalue weighted by molar-refractivity contribution is 7.98. The third-order valence-corrected chi connectivity index (χ3v) is 6.26. The Kier molecular flexibility index (Phi) is 3.68. The lowest BCUT2D eigenvalue weighted by Gasteiger charge is -2.12. The van der Waals surface area contributed by atoms with Crippen LogP contribution < -0.4 is 11.1 Å². The van der Waals surface area contributed by atoms with E-state index in [0.717, 1.165) is 12.8 Å². The number of rotatable bonds is 4. The Labute approximate surface area is 155 Å². The first-order valence-electron chi connectivity index (χ1n) is 8.31. The molecule has 1 aromatic carbocycles. The van der Waals surface area contributed by atoms with Crippen molar-refractivity contribution in [2.45, 2.75) is 29.8 Å². The number of fused-ring (bicyclic) bond motifs is 2. The number of H-pyrrole nitrogens is 1. The number of hydrogen-bond acceptors (Lipinski definition) is 6. The largest absolute Gasteiger partial charge is 0.309 e. The summed E-state index contributed by atoms with van der Waals surface area (Å²) in [7, 11) is 0. The summed E-state index contributed by atoms with van der Waals surface area (Å²) in [6.07, 6.45) is 2.01. The van der Waals surface area contributed by atoms with Crippen molar-refractivity contribution in [1.82, 2.24) is 19.5 Å². The molecule has 26 heavy (non-hydrogen) atoms. The maximum absolute atomic E-state index is 12.9. The van der Waals surface area contributed by atoms with Gasteiger partial charge < -0.3 is 4.98 Å². The fourth-order valence-electron chi connectivity index (χ4n) is 3.00. The Bertz CT molecular complexity index is 1250. The number of thiophene rings is 1. The van der Waals surface area contributed by atoms with Gasteiger partial charge in [-0.1, -0.05) is 23.9 Å². The van der Waals surface area contributed by atoms with Gasteiger partial charge in [-0.3, -0.25) is 14.2 Å². The fourth-order valence-corrected chi connectivity index (χ4v) is 4.67. The summed E-state index contributed by atoms with van der Waals surface area (Å²) in [5, 5.41) is 3.19. The highest BCUT2D eigenvalue weighted by Gasteiger charge is 2.28. The standard InChI is InChI=1S/C18H14N4O2S2/c23-16-15-13(7-8-25-15)19-14(21-16)9-26-18-20-12-4-2-1-3-11(12)17(24)22(18)10-5-6-10/h1-4,7-8,10H,5-6,9H2,(H,19,21,23). The third kappa shape index (κ3) is 2.65. The van der Waals surface area contributed by atoms with Crippen LogP contribution in [0.4, 0.5) is 0 Å². The molecule has 0 unspecified atom stereocenters. The second kappa shape index (κ2) is 6.07. The number of nitrogens with one attached hydrogen (secondary N) is 1. The van der Waals surface area contributed by atoms with Crippen LogP contribution in [-0.4, -0.2) is 19.5 Å². The van der Waals surface area contributed by atoms with Crippen LogP contribution in [0.15, 0.2) is 50.5 Å². The van der Waals surface area contributed by atoms with Crippen molar-refractivity contribution in [2.75, 3.05) is 0 Å². The molecule has 6 nitrogen and oxygen atoms in total. The van der Waals surface area contributed by atoms with E-state index in [1.807, 2.05) is 35.7 Å². The van der Waals surface area contributed by atoms with Gasteiger partial charge in [0.1, 0.15) is 10.5 Å². The average molecular weight is 382 g/mol. The van der Waals surface area contributed by atoms with Crippen LogP contribution in [0.5, 0.6) is 0 Å². The average Bonchev–Trinajstić information content (AvgIpc) is 3.36. The molecule has 0 spiro atoms. The molecular formula is C18H14N4O2S2. The molecule has 0 bridgehead atoms. The minimum atomic E-state index is -0.119. The Hall–Kier alpha value is -2.45. The van der Waals surface area contributed by atoms with E-state index >= 15 is 0 Å². The van der Waals surface area contributed by atoms with Gasteiger partial charge in [-0.15, -0.1) is 11.3 Å². The number of nitrogens with zero attached hydrogens (tertiary/aromatic N) is 3. The fraction of sp³-hybridized carbons (Fsp3) is 0.222. The lowest BCUT2D eigenvalue weighted by molar-refractivity contribution is 0.617. The number of benzene rings is 1. The number of hydrogen-bond donors (Lipinski definition) is 1. The van der Waals surface area contributed by atoms with Gasteiger partial charge in [0, 0.05) is 6.04 Å². The molecule has 1 fully saturated rings. The summed E-state index contributed by atoms with van der Waals surface area (Å²) in [4.78, 5) is 37.0. The highest BCUT2D eigenvalue weighted by atomic mass is 32.2. The predicted octanol–water partition coefficient (Wildman–Crippen LogP) is 3.32. The first-order chi connectivity index (χ1) is 12.7. The SMILES string of the molecule is O=c1[nH]c(CSc2nc3ccccc3c(=O)n2C2CC2)nc2ccsc12. The van der Waals surface area contributed by atoms with Crippen LogP contribution in [-0.2, 0) is 5.75 Å². The number of aromatic amines is 1. The summed E-state index contributed by atoms with van der Waals surface area (Å²) >= 11 is 2.82. The van der Waals surface area contributed by atoms with Crippen LogP contribution in [0.1, 0.15) is 24.7 Å². The summed E-state index contributed by atoms with van der Waals surface area (Å²) in [5.74, 6) is 1.05. The lowest BCUT2D eigenvalue weighted by Crippen LogP contribution is -2.22. The first kappa shape index (κ1) is 15.8. The van der Waals surface area contributed by atoms with E-state index in [-0.39, 0.29) is 17.2 Å². The molecule has 3 aromatic heterocycles. The smallest absolute Gasteiger partial charge is 0.268 e. The Balaban J connectivity index is 1.55. The van der Waals surface area contributed by atoms with Crippen LogP contribution in [0.2, 0.25) is 0 Å². The topological polar surface area (TPSA) is 80.6 Å². The zero-order valence-corrected chi connectivity index (χ0v) is 15.3. The second-order valence-corrected chi connectivity index (χ2v) is 8.11. The Morgan fingerprint density at radius 3 is 2.85 bits per heavy atom. The second-order valence-electron chi connectivity index (χ2n) is 6.25. The molecule has 8 heteroatoms. The Morgan fingerprint density at radius 2 is 2.00 bits per heavy atom. The van der Waals surface area contributed by atoms with Crippen molar-refractivity contribution in [2.24, 2.45) is 0 Å². The normalized spacial score (nSPS) is 14.3. The summed E-state index contributed by atoms with van der Waals surface area (Å²) in [5.41, 5.74) is 1.30. The molecule has 0 atom stereocenters. The van der Waals surface area contributed by atoms with Crippen molar-refractivity contribution < 1.29 is 0 Å². The van der Waals surface area contributed by atoms with Gasteiger partial charge in [-0.2, -0.15) is 0 Å². The summed E-state index contributed by atoms with van der Waals surface area (Å²) in [6.45, 7) is 0. The molecule has 0 aliphatic heterocycles. The van der Waals surface area contributed by atoms with Gasteiger partial charge in [-0.05, 0) is 36.4 Å². The summed E-state index contributed by atoms with van der Waals surface area (Å²) in [6, 6.07) is 9.50. The minimum absolute atomic E-state index is 0.00957. The molecule has 0 saturated heterocycles. The van der Waals surface area contributed by atoms with Crippen LogP contribution in [0.3, 0.4) is 0 Å². The summed E-state index contributed by atoms with van der Waals surface area (Å²) < 4.78 is 2.44. The number of aromatic nitrogens is 4. The molecule has 3 heterocycles. The van der Waals surface area contributed by atoms with Gasteiger partial charge in [0.25, 0.3) is 11.1 Å². The zero-order chi connectivity index (χ0) is 17.7. The van der Waals surface area contributed by atoms with Gasteiger partial charge in [0.15, 0.2) is 5.16 Å². The van der Waals surface area contributed by atoms with Crippen LogP contribution >= 0.6 is 23.1 Å². The quantitative estimate of drug-likeness (QED) is 0.433. The molecule has 1 N–H and O–H groups in total. The molecule has 1 saturated carbocycles. The van der Waals surface area contributed by atoms with E-state index in [4.69, 9.17) is 4.98 Å². The van der Waals surface area contributed by atoms with E-state index in [9.17, 15) is 9.59 Å². The Morgan fingerprint density at radius 1 is 1.15 bits per heavy atom. The maximum atomic E-state index is 12.9. The molecule has 5 rings (SSSR count). The van der Waals surface area contributed by atoms with Crippen molar-refractivity contribution in [1.29, 1.82) is 0 Å². The first-order valence-corrected chi connectivity index (χ1v) is 10.2. The van der Waals surface area contributed by atoms with Gasteiger partial charge in [0.05, 0.1) is 22.2 Å². The molecule has 0 amide bonds. The monoisotopic (exact) mass is 382 g/mol. The predicted molar refractivity (Wildman–Crippen MR) is 104 cm³/mol. The molecule has 1 aliphatic carbocycles. The van der Waals surface area contributed by atoms with E-state index in [0.29, 0.717) is 37.9 Å². The van der Waals surface area contributed by atoms with Crippen molar-refractivity contribution in [3.8, 4) is 0 Å². The van der Waals surface area contributed by atoms with Gasteiger partial charge >= 0.3 is 0 Å². The third-order valence-electron chi connectivity index (χ3n) is 4.39. The van der Waals surface area contributed by atoms with Gasteiger partial charge in [0.2, 0.25) is 0 Å². The zero-order valence-electron chi connectivity index (χ0n) is 13.6. The molecular weight excluding hydrogens is 368 g/mol. The van der Waals surface area contributed by atoms with E-state index < -0.39 is 0 Å². The molecule has 0 radical (unpaired) electrons. The molecule has 1 aliphatic rings. The molecule has 4 aromatic rings. The lowest BCUT2D eigenvalue weighted by atomic mass is 10.2. The van der Waals surface area contributed by atoms with E-state index in [2.05, 4.69) is 9.97 Å². The van der Waals surface area contributed by atoms with Crippen molar-refractivity contribution in [3.63, 3.8) is 0 Å². The van der Waals surface area contributed by atoms with Crippen molar-refractivity contribution >= 4 is 44.2 Å². The number of para-hydroxylation sites is 1. The highest BCUT2D eigenvalue weighted by Crippen LogP contribution is 2.37. The number of thioether (sulfide) groups is 1. The molecule has 130 valence electrons. The maximum Gasteiger partial charge on any atom is 0.268 e. The van der Waals surface area contributed by atoms with E-state index in [1.54, 1.807) is 4.57 Å². The van der Waals surface area contributed by atoms with Crippen LogP contribution in [0, 0.1) is 0 Å². The van der Waals surface area contributed by atoms with Crippen LogP contribution in [0.25, 0.3) is 21.1 Å². The van der Waals surface area contributed by atoms with Crippen molar-refractivity contribution in [3.05, 3.63) is 62.2 Å².